The summed E-state index contributed by atoms with van der Waals surface area (Å²) < 4.78 is 24.3. The first kappa shape index (κ1) is 23.3. The van der Waals surface area contributed by atoms with Crippen LogP contribution in [0.5, 0.6) is 0 Å². The number of aromatic nitrogens is 3. The molecule has 0 spiro atoms. The van der Waals surface area contributed by atoms with Gasteiger partial charge in [0, 0.05) is 50.1 Å². The second-order valence-electron chi connectivity index (χ2n) is 9.60. The summed E-state index contributed by atoms with van der Waals surface area (Å²) >= 11 is 0. The van der Waals surface area contributed by atoms with Crippen LogP contribution in [0.4, 0.5) is 4.39 Å². The molecule has 31 heavy (non-hydrogen) atoms. The van der Waals surface area contributed by atoms with Gasteiger partial charge in [-0.2, -0.15) is 5.10 Å². The Morgan fingerprint density at radius 3 is 2.61 bits per heavy atom. The first-order valence-corrected chi connectivity index (χ1v) is 14.4. The minimum absolute atomic E-state index is 0.270. The summed E-state index contributed by atoms with van der Waals surface area (Å²) in [6, 6.07) is 4.39. The van der Waals surface area contributed by atoms with Crippen LogP contribution in [-0.4, -0.2) is 39.7 Å². The molecule has 3 aromatic rings. The zero-order valence-electron chi connectivity index (χ0n) is 19.3. The van der Waals surface area contributed by atoms with Crippen LogP contribution < -0.4 is 0 Å². The Kier molecular flexibility index (Phi) is 6.75. The van der Waals surface area contributed by atoms with Crippen LogP contribution in [0, 0.1) is 17.7 Å². The average molecular weight is 442 g/mol. The van der Waals surface area contributed by atoms with E-state index in [1.807, 2.05) is 30.1 Å². The molecule has 0 radical (unpaired) electrons. The Labute approximate surface area is 184 Å². The topological polar surface area (TPSA) is 52.2 Å². The number of benzene rings is 1. The van der Waals surface area contributed by atoms with Gasteiger partial charge in [0.05, 0.1) is 17.3 Å². The summed E-state index contributed by atoms with van der Waals surface area (Å²) in [5.41, 5.74) is 1.81. The van der Waals surface area contributed by atoms with Gasteiger partial charge in [-0.3, -0.25) is 0 Å². The number of hydrogen-bond donors (Lipinski definition) is 1. The first-order chi connectivity index (χ1) is 14.5. The van der Waals surface area contributed by atoms with Crippen molar-refractivity contribution in [3.8, 4) is 23.0 Å². The van der Waals surface area contributed by atoms with Crippen LogP contribution in [0.2, 0.25) is 25.7 Å². The maximum atomic E-state index is 14.7. The molecule has 7 heteroatoms. The second kappa shape index (κ2) is 8.99. The molecule has 3 rings (SSSR count). The normalized spacial score (nSPS) is 12.3. The van der Waals surface area contributed by atoms with Gasteiger partial charge in [-0.15, -0.1) is 0 Å². The fraction of sp³-hybridized carbons (Fsp3) is 0.458. The fourth-order valence-corrected chi connectivity index (χ4v) is 3.99. The molecule has 2 aromatic heterocycles. The number of hydrogen-bond acceptors (Lipinski definition) is 3. The Bertz CT molecular complexity index is 1120. The van der Waals surface area contributed by atoms with Crippen LogP contribution in [-0.2, 0) is 18.0 Å². The van der Waals surface area contributed by atoms with Crippen LogP contribution >= 0.6 is 0 Å². The largest absolute Gasteiger partial charge is 0.378 e. The molecule has 5 nitrogen and oxygen atoms in total. The van der Waals surface area contributed by atoms with Crippen molar-refractivity contribution in [1.82, 2.24) is 14.3 Å². The predicted molar refractivity (Wildman–Crippen MR) is 126 cm³/mol. The molecule has 0 unspecified atom stereocenters. The Hall–Kier alpha value is -2.40. The predicted octanol–water partition coefficient (Wildman–Crippen LogP) is 5.10. The molecule has 0 bridgehead atoms. The number of nitrogens with zero attached hydrogens (tertiary/aromatic N) is 3. The summed E-state index contributed by atoms with van der Waals surface area (Å²) in [6.07, 6.45) is 5.78. The van der Waals surface area contributed by atoms with E-state index < -0.39 is 19.5 Å². The van der Waals surface area contributed by atoms with E-state index >= 15 is 0 Å². The average Bonchev–Trinajstić information content (AvgIpc) is 3.26. The summed E-state index contributed by atoms with van der Waals surface area (Å²) in [5, 5.41) is 15.2. The van der Waals surface area contributed by atoms with E-state index in [1.165, 1.54) is 6.07 Å². The lowest BCUT2D eigenvalue weighted by Gasteiger charge is -2.15. The van der Waals surface area contributed by atoms with Crippen molar-refractivity contribution in [2.75, 3.05) is 6.61 Å². The van der Waals surface area contributed by atoms with E-state index in [2.05, 4.69) is 36.6 Å². The van der Waals surface area contributed by atoms with E-state index in [4.69, 9.17) is 4.74 Å². The molecular weight excluding hydrogens is 409 g/mol. The zero-order valence-corrected chi connectivity index (χ0v) is 20.3. The quantitative estimate of drug-likeness (QED) is 0.315. The van der Waals surface area contributed by atoms with Crippen molar-refractivity contribution in [2.24, 2.45) is 0 Å². The van der Waals surface area contributed by atoms with E-state index in [9.17, 15) is 9.50 Å². The summed E-state index contributed by atoms with van der Waals surface area (Å²) in [7, 11) is -1.12. The maximum Gasteiger partial charge on any atom is 0.140 e. The van der Waals surface area contributed by atoms with E-state index in [0.717, 1.165) is 41.2 Å². The molecule has 0 saturated heterocycles. The van der Waals surface area contributed by atoms with Crippen LogP contribution in [0.15, 0.2) is 30.7 Å². The molecule has 0 aliphatic carbocycles. The number of rotatable bonds is 7. The lowest BCUT2D eigenvalue weighted by Crippen LogP contribution is -2.22. The lowest BCUT2D eigenvalue weighted by atomic mass is 10.0. The molecule has 0 amide bonds. The highest BCUT2D eigenvalue weighted by Crippen LogP contribution is 2.32. The number of aliphatic hydroxyl groups is 1. The molecule has 1 aromatic carbocycles. The van der Waals surface area contributed by atoms with Crippen molar-refractivity contribution in [1.29, 1.82) is 0 Å². The highest BCUT2D eigenvalue weighted by molar-refractivity contribution is 6.76. The highest BCUT2D eigenvalue weighted by Gasteiger charge is 2.16. The van der Waals surface area contributed by atoms with Gasteiger partial charge >= 0.3 is 0 Å². The SMILES string of the molecule is CCn1cc(-c2cnn(COCC[Si](C)(C)C)c2)c2cc(C#CC(C)(C)O)c(F)cc21. The third kappa shape index (κ3) is 6.07. The van der Waals surface area contributed by atoms with Crippen LogP contribution in [0.3, 0.4) is 0 Å². The molecular formula is C24H32FN3O2Si. The number of aryl methyl sites for hydroxylation is 1. The third-order valence-corrected chi connectivity index (χ3v) is 6.68. The third-order valence-electron chi connectivity index (χ3n) is 4.98. The number of ether oxygens (including phenoxy) is 1. The molecule has 0 aliphatic rings. The number of fused-ring (bicyclic) bond motifs is 1. The van der Waals surface area contributed by atoms with Crippen molar-refractivity contribution in [3.05, 3.63) is 42.1 Å². The van der Waals surface area contributed by atoms with Crippen molar-refractivity contribution < 1.29 is 14.2 Å². The van der Waals surface area contributed by atoms with Crippen molar-refractivity contribution >= 4 is 19.0 Å². The number of halogens is 1. The first-order valence-electron chi connectivity index (χ1n) is 10.7. The monoisotopic (exact) mass is 441 g/mol. The van der Waals surface area contributed by atoms with Gasteiger partial charge < -0.3 is 14.4 Å². The molecule has 1 N–H and O–H groups in total. The Morgan fingerprint density at radius 2 is 1.97 bits per heavy atom. The molecule has 2 heterocycles. The van der Waals surface area contributed by atoms with Gasteiger partial charge in [0.25, 0.3) is 0 Å². The van der Waals surface area contributed by atoms with Crippen molar-refractivity contribution in [2.45, 2.75) is 65.3 Å². The second-order valence-corrected chi connectivity index (χ2v) is 15.2. The molecule has 0 atom stereocenters. The Morgan fingerprint density at radius 1 is 1.23 bits per heavy atom. The zero-order chi connectivity index (χ0) is 22.8. The van der Waals surface area contributed by atoms with Crippen LogP contribution in [0.1, 0.15) is 26.3 Å². The molecule has 0 fully saturated rings. The minimum Gasteiger partial charge on any atom is -0.378 e. The molecule has 166 valence electrons. The fourth-order valence-electron chi connectivity index (χ4n) is 3.23. The Balaban J connectivity index is 1.91. The summed E-state index contributed by atoms with van der Waals surface area (Å²) in [4.78, 5) is 0. The van der Waals surface area contributed by atoms with Gasteiger partial charge in [0.1, 0.15) is 18.1 Å². The molecule has 0 aliphatic heterocycles. The van der Waals surface area contributed by atoms with E-state index in [1.54, 1.807) is 24.6 Å². The standard InChI is InChI=1S/C24H32FN3O2Si/c1-7-27-16-21(19-14-26-28(15-19)17-30-10-11-31(4,5)6)20-12-18(8-9-24(2,3)29)22(25)13-23(20)27/h12-16,29H,7,10-11,17H2,1-6H3. The van der Waals surface area contributed by atoms with Gasteiger partial charge in [-0.25, -0.2) is 9.07 Å². The summed E-state index contributed by atoms with van der Waals surface area (Å²) in [5.74, 6) is 5.08. The lowest BCUT2D eigenvalue weighted by molar-refractivity contribution is 0.0786. The molecule has 0 saturated carbocycles. The van der Waals surface area contributed by atoms with Gasteiger partial charge in [0.15, 0.2) is 0 Å². The summed E-state index contributed by atoms with van der Waals surface area (Å²) in [6.45, 7) is 14.0. The highest BCUT2D eigenvalue weighted by atomic mass is 28.3. The maximum absolute atomic E-state index is 14.7. The van der Waals surface area contributed by atoms with E-state index in [0.29, 0.717) is 6.73 Å². The smallest absolute Gasteiger partial charge is 0.140 e. The van der Waals surface area contributed by atoms with Crippen LogP contribution in [0.25, 0.3) is 22.0 Å². The minimum atomic E-state index is -1.18. The van der Waals surface area contributed by atoms with E-state index in [-0.39, 0.29) is 5.56 Å². The van der Waals surface area contributed by atoms with Gasteiger partial charge in [-0.05, 0) is 38.9 Å². The van der Waals surface area contributed by atoms with Crippen molar-refractivity contribution in [3.63, 3.8) is 0 Å². The van der Waals surface area contributed by atoms with Gasteiger partial charge in [-0.1, -0.05) is 31.5 Å². The van der Waals surface area contributed by atoms with Gasteiger partial charge in [0.2, 0.25) is 0 Å².